The van der Waals surface area contributed by atoms with Crippen LogP contribution >= 0.6 is 0 Å². The number of aryl methyl sites for hydroxylation is 1. The fourth-order valence-electron chi connectivity index (χ4n) is 3.70. The fraction of sp³-hybridized carbons (Fsp3) is 0.318. The maximum absolute atomic E-state index is 13.9. The molecule has 0 spiro atoms. The number of morpholine rings is 1. The molecule has 28 heavy (non-hydrogen) atoms. The maximum Gasteiger partial charge on any atom is 0.138 e. The average molecular weight is 381 g/mol. The molecule has 0 amide bonds. The number of ether oxygens (including phenoxy) is 1. The van der Waals surface area contributed by atoms with E-state index in [1.807, 2.05) is 36.1 Å². The Morgan fingerprint density at radius 2 is 1.89 bits per heavy atom. The van der Waals surface area contributed by atoms with Crippen LogP contribution in [-0.4, -0.2) is 41.3 Å². The summed E-state index contributed by atoms with van der Waals surface area (Å²) in [5, 5.41) is 16.1. The molecule has 1 aromatic heterocycles. The topological polar surface area (TPSA) is 57.6 Å². The Morgan fingerprint density at radius 1 is 1.14 bits per heavy atom. The first-order chi connectivity index (χ1) is 13.6. The SMILES string of the molecule is Cc1c(F)cccc1Nc1ncc(C(O)N2CCOCC2)c2c(C)cccc12. The van der Waals surface area contributed by atoms with Gasteiger partial charge in [0.25, 0.3) is 0 Å². The van der Waals surface area contributed by atoms with Gasteiger partial charge in [-0.05, 0) is 36.9 Å². The van der Waals surface area contributed by atoms with E-state index in [2.05, 4.69) is 10.3 Å². The van der Waals surface area contributed by atoms with Gasteiger partial charge in [-0.2, -0.15) is 0 Å². The molecule has 5 nitrogen and oxygen atoms in total. The van der Waals surface area contributed by atoms with Crippen molar-refractivity contribution in [2.75, 3.05) is 31.6 Å². The first kappa shape index (κ1) is 18.8. The summed E-state index contributed by atoms with van der Waals surface area (Å²) in [4.78, 5) is 6.57. The highest BCUT2D eigenvalue weighted by Gasteiger charge is 2.24. The molecule has 2 heterocycles. The van der Waals surface area contributed by atoms with Crippen molar-refractivity contribution in [2.24, 2.45) is 0 Å². The smallest absolute Gasteiger partial charge is 0.138 e. The van der Waals surface area contributed by atoms with Crippen LogP contribution in [0.15, 0.2) is 42.6 Å². The van der Waals surface area contributed by atoms with Gasteiger partial charge >= 0.3 is 0 Å². The number of halogens is 1. The van der Waals surface area contributed by atoms with Crippen molar-refractivity contribution in [1.82, 2.24) is 9.88 Å². The summed E-state index contributed by atoms with van der Waals surface area (Å²) < 4.78 is 19.3. The second-order valence-electron chi connectivity index (χ2n) is 7.12. The molecule has 0 radical (unpaired) electrons. The molecule has 6 heteroatoms. The van der Waals surface area contributed by atoms with E-state index in [-0.39, 0.29) is 5.82 Å². The largest absolute Gasteiger partial charge is 0.379 e. The number of hydrogen-bond donors (Lipinski definition) is 2. The van der Waals surface area contributed by atoms with Gasteiger partial charge in [0.05, 0.1) is 13.2 Å². The molecular formula is C22H24FN3O2. The Hall–Kier alpha value is -2.54. The van der Waals surface area contributed by atoms with Crippen LogP contribution in [0.5, 0.6) is 0 Å². The summed E-state index contributed by atoms with van der Waals surface area (Å²) in [5.74, 6) is 0.384. The molecule has 0 bridgehead atoms. The molecule has 2 aromatic carbocycles. The summed E-state index contributed by atoms with van der Waals surface area (Å²) in [6, 6.07) is 10.9. The summed E-state index contributed by atoms with van der Waals surface area (Å²) in [7, 11) is 0. The molecule has 1 saturated heterocycles. The highest BCUT2D eigenvalue weighted by atomic mass is 19.1. The highest BCUT2D eigenvalue weighted by Crippen LogP contribution is 2.34. The van der Waals surface area contributed by atoms with Crippen molar-refractivity contribution in [3.05, 3.63) is 65.1 Å². The van der Waals surface area contributed by atoms with E-state index in [1.165, 1.54) is 6.07 Å². The van der Waals surface area contributed by atoms with Crippen LogP contribution in [0.2, 0.25) is 0 Å². The van der Waals surface area contributed by atoms with E-state index in [0.29, 0.717) is 43.4 Å². The van der Waals surface area contributed by atoms with Gasteiger partial charge in [0, 0.05) is 41.5 Å². The molecule has 1 aliphatic rings. The van der Waals surface area contributed by atoms with Crippen molar-refractivity contribution >= 4 is 22.3 Å². The van der Waals surface area contributed by atoms with Crippen LogP contribution in [0.4, 0.5) is 15.9 Å². The predicted octanol–water partition coefficient (Wildman–Crippen LogP) is 4.06. The molecule has 2 N–H and O–H groups in total. The van der Waals surface area contributed by atoms with E-state index < -0.39 is 6.23 Å². The lowest BCUT2D eigenvalue weighted by Gasteiger charge is -2.32. The van der Waals surface area contributed by atoms with Crippen molar-refractivity contribution in [3.63, 3.8) is 0 Å². The number of aromatic nitrogens is 1. The Kier molecular flexibility index (Phi) is 5.26. The van der Waals surface area contributed by atoms with Crippen molar-refractivity contribution < 1.29 is 14.2 Å². The number of aliphatic hydroxyl groups excluding tert-OH is 1. The highest BCUT2D eigenvalue weighted by molar-refractivity contribution is 5.97. The number of fused-ring (bicyclic) bond motifs is 1. The van der Waals surface area contributed by atoms with Crippen LogP contribution in [0, 0.1) is 19.7 Å². The zero-order valence-corrected chi connectivity index (χ0v) is 16.1. The Labute approximate surface area is 163 Å². The van der Waals surface area contributed by atoms with Crippen molar-refractivity contribution in [2.45, 2.75) is 20.1 Å². The average Bonchev–Trinajstić information content (AvgIpc) is 2.72. The number of anilines is 2. The number of aliphatic hydroxyl groups is 1. The van der Waals surface area contributed by atoms with Gasteiger partial charge in [0.2, 0.25) is 0 Å². The van der Waals surface area contributed by atoms with Crippen LogP contribution in [0.1, 0.15) is 22.9 Å². The lowest BCUT2D eigenvalue weighted by Crippen LogP contribution is -2.39. The van der Waals surface area contributed by atoms with Gasteiger partial charge in [-0.1, -0.05) is 24.3 Å². The van der Waals surface area contributed by atoms with Crippen molar-refractivity contribution in [1.29, 1.82) is 0 Å². The minimum absolute atomic E-state index is 0.259. The summed E-state index contributed by atoms with van der Waals surface area (Å²) in [5.41, 5.74) is 3.05. The van der Waals surface area contributed by atoms with Gasteiger partial charge in [-0.3, -0.25) is 4.90 Å². The van der Waals surface area contributed by atoms with E-state index in [9.17, 15) is 9.50 Å². The van der Waals surface area contributed by atoms with Gasteiger partial charge < -0.3 is 15.2 Å². The fourth-order valence-corrected chi connectivity index (χ4v) is 3.70. The number of nitrogens with zero attached hydrogens (tertiary/aromatic N) is 2. The number of pyridine rings is 1. The normalized spacial score (nSPS) is 16.3. The van der Waals surface area contributed by atoms with Gasteiger partial charge in [-0.15, -0.1) is 0 Å². The lowest BCUT2D eigenvalue weighted by molar-refractivity contribution is -0.0598. The first-order valence-electron chi connectivity index (χ1n) is 9.46. The summed E-state index contributed by atoms with van der Waals surface area (Å²) in [6.45, 7) is 6.34. The molecule has 1 fully saturated rings. The molecule has 0 aliphatic carbocycles. The van der Waals surface area contributed by atoms with Crippen LogP contribution in [-0.2, 0) is 4.74 Å². The molecule has 1 aliphatic heterocycles. The minimum Gasteiger partial charge on any atom is -0.379 e. The molecule has 146 valence electrons. The number of rotatable bonds is 4. The van der Waals surface area contributed by atoms with E-state index in [1.54, 1.807) is 19.2 Å². The van der Waals surface area contributed by atoms with Crippen LogP contribution < -0.4 is 5.32 Å². The lowest BCUT2D eigenvalue weighted by atomic mass is 10.00. The standard InChI is InChI=1S/C22H24FN3O2/c1-14-5-3-6-16-20(14)17(22(27)26-9-11-28-12-10-26)13-24-21(16)25-19-8-4-7-18(23)15(19)2/h3-8,13,22,27H,9-12H2,1-2H3,(H,24,25). The number of hydrogen-bond acceptors (Lipinski definition) is 5. The molecule has 1 atom stereocenters. The van der Waals surface area contributed by atoms with Gasteiger partial charge in [-0.25, -0.2) is 9.37 Å². The third-order valence-electron chi connectivity index (χ3n) is 5.34. The van der Waals surface area contributed by atoms with Gasteiger partial charge in [0.15, 0.2) is 0 Å². The predicted molar refractivity (Wildman–Crippen MR) is 108 cm³/mol. The summed E-state index contributed by atoms with van der Waals surface area (Å²) >= 11 is 0. The monoisotopic (exact) mass is 381 g/mol. The first-order valence-corrected chi connectivity index (χ1v) is 9.46. The molecule has 1 unspecified atom stereocenters. The van der Waals surface area contributed by atoms with Crippen LogP contribution in [0.3, 0.4) is 0 Å². The van der Waals surface area contributed by atoms with E-state index in [4.69, 9.17) is 4.74 Å². The zero-order chi connectivity index (χ0) is 19.7. The van der Waals surface area contributed by atoms with E-state index >= 15 is 0 Å². The molecule has 4 rings (SSSR count). The zero-order valence-electron chi connectivity index (χ0n) is 16.1. The number of nitrogens with one attached hydrogen (secondary N) is 1. The minimum atomic E-state index is -0.745. The number of benzene rings is 2. The Bertz CT molecular complexity index is 1000. The van der Waals surface area contributed by atoms with Crippen molar-refractivity contribution in [3.8, 4) is 0 Å². The summed E-state index contributed by atoms with van der Waals surface area (Å²) in [6.07, 6.45) is 0.969. The molecule has 3 aromatic rings. The Balaban J connectivity index is 1.78. The maximum atomic E-state index is 13.9. The Morgan fingerprint density at radius 3 is 2.68 bits per heavy atom. The second kappa shape index (κ2) is 7.83. The van der Waals surface area contributed by atoms with Crippen LogP contribution in [0.25, 0.3) is 10.8 Å². The molecule has 0 saturated carbocycles. The third kappa shape index (κ3) is 3.46. The second-order valence-corrected chi connectivity index (χ2v) is 7.12. The van der Waals surface area contributed by atoms with Gasteiger partial charge in [0.1, 0.15) is 17.9 Å². The third-order valence-corrected chi connectivity index (χ3v) is 5.34. The molecular weight excluding hydrogens is 357 g/mol. The quantitative estimate of drug-likeness (QED) is 0.714. The van der Waals surface area contributed by atoms with E-state index in [0.717, 1.165) is 21.9 Å².